The van der Waals surface area contributed by atoms with Crippen molar-refractivity contribution in [1.82, 2.24) is 4.90 Å². The lowest BCUT2D eigenvalue weighted by Crippen LogP contribution is -2.42. The Balaban J connectivity index is 2.57. The van der Waals surface area contributed by atoms with E-state index in [2.05, 4.69) is 0 Å². The SMILES string of the molecule is CCCCCC(=O)N1C(=O)CC[C@H]1C(=O)O. The lowest BCUT2D eigenvalue weighted by Gasteiger charge is -2.19. The van der Waals surface area contributed by atoms with Crippen LogP contribution in [0, 0.1) is 0 Å². The summed E-state index contributed by atoms with van der Waals surface area (Å²) in [7, 11) is 0. The highest BCUT2D eigenvalue weighted by Crippen LogP contribution is 2.20. The van der Waals surface area contributed by atoms with Gasteiger partial charge in [-0.05, 0) is 12.8 Å². The van der Waals surface area contributed by atoms with E-state index in [0.717, 1.165) is 17.7 Å². The molecule has 0 aliphatic carbocycles. The van der Waals surface area contributed by atoms with Crippen LogP contribution in [-0.4, -0.2) is 33.8 Å². The van der Waals surface area contributed by atoms with Crippen molar-refractivity contribution in [3.63, 3.8) is 0 Å². The maximum atomic E-state index is 11.7. The Kier molecular flexibility index (Phi) is 4.46. The van der Waals surface area contributed by atoms with Gasteiger partial charge in [-0.3, -0.25) is 14.5 Å². The molecule has 0 aromatic rings. The molecule has 0 radical (unpaired) electrons. The van der Waals surface area contributed by atoms with Crippen molar-refractivity contribution in [1.29, 1.82) is 0 Å². The molecule has 1 N–H and O–H groups in total. The normalized spacial score (nSPS) is 20.2. The van der Waals surface area contributed by atoms with Gasteiger partial charge in [0.15, 0.2) is 0 Å². The Bertz CT molecular complexity index is 300. The van der Waals surface area contributed by atoms with Gasteiger partial charge in [-0.25, -0.2) is 4.79 Å². The van der Waals surface area contributed by atoms with Crippen LogP contribution in [0.5, 0.6) is 0 Å². The minimum absolute atomic E-state index is 0.163. The van der Waals surface area contributed by atoms with E-state index in [1.807, 2.05) is 6.92 Å². The van der Waals surface area contributed by atoms with E-state index >= 15 is 0 Å². The molecular formula is C11H17NO4. The molecule has 0 spiro atoms. The number of rotatable bonds is 5. The lowest BCUT2D eigenvalue weighted by molar-refractivity contribution is -0.154. The largest absolute Gasteiger partial charge is 0.480 e. The highest BCUT2D eigenvalue weighted by molar-refractivity contribution is 6.01. The minimum Gasteiger partial charge on any atom is -0.480 e. The topological polar surface area (TPSA) is 74.7 Å². The van der Waals surface area contributed by atoms with Gasteiger partial charge in [-0.2, -0.15) is 0 Å². The molecule has 1 fully saturated rings. The fourth-order valence-electron chi connectivity index (χ4n) is 1.88. The number of unbranched alkanes of at least 4 members (excludes halogenated alkanes) is 2. The van der Waals surface area contributed by atoms with E-state index in [1.54, 1.807) is 0 Å². The average molecular weight is 227 g/mol. The summed E-state index contributed by atoms with van der Waals surface area (Å²) < 4.78 is 0. The zero-order valence-electron chi connectivity index (χ0n) is 9.44. The number of nitrogens with zero attached hydrogens (tertiary/aromatic N) is 1. The fraction of sp³-hybridized carbons (Fsp3) is 0.727. The number of hydrogen-bond donors (Lipinski definition) is 1. The van der Waals surface area contributed by atoms with Crippen molar-refractivity contribution >= 4 is 17.8 Å². The summed E-state index contributed by atoms with van der Waals surface area (Å²) in [4.78, 5) is 34.9. The molecule has 1 heterocycles. The standard InChI is InChI=1S/C11H17NO4/c1-2-3-4-5-9(13)12-8(11(15)16)6-7-10(12)14/h8H,2-7H2,1H3,(H,15,16)/t8-/m0/s1. The predicted octanol–water partition coefficient (Wildman–Crippen LogP) is 1.17. The quantitative estimate of drug-likeness (QED) is 0.715. The molecule has 1 rings (SSSR count). The first-order valence-corrected chi connectivity index (χ1v) is 5.65. The van der Waals surface area contributed by atoms with Gasteiger partial charge >= 0.3 is 5.97 Å². The van der Waals surface area contributed by atoms with Gasteiger partial charge in [-0.1, -0.05) is 19.8 Å². The third kappa shape index (κ3) is 2.81. The van der Waals surface area contributed by atoms with Gasteiger partial charge < -0.3 is 5.11 Å². The first-order chi connectivity index (χ1) is 7.57. The molecule has 2 amide bonds. The highest BCUT2D eigenvalue weighted by Gasteiger charge is 2.39. The van der Waals surface area contributed by atoms with E-state index in [9.17, 15) is 14.4 Å². The van der Waals surface area contributed by atoms with Crippen LogP contribution in [0.25, 0.3) is 0 Å². The zero-order valence-corrected chi connectivity index (χ0v) is 9.44. The van der Waals surface area contributed by atoms with Gasteiger partial charge in [0.1, 0.15) is 6.04 Å². The van der Waals surface area contributed by atoms with Crippen LogP contribution in [0.2, 0.25) is 0 Å². The minimum atomic E-state index is -1.09. The first kappa shape index (κ1) is 12.7. The van der Waals surface area contributed by atoms with Crippen LogP contribution in [0.15, 0.2) is 0 Å². The van der Waals surface area contributed by atoms with Crippen molar-refractivity contribution in [3.8, 4) is 0 Å². The number of carbonyl (C=O) groups is 3. The maximum Gasteiger partial charge on any atom is 0.326 e. The lowest BCUT2D eigenvalue weighted by atomic mass is 10.1. The van der Waals surface area contributed by atoms with E-state index in [1.165, 1.54) is 0 Å². The number of carboxylic acids is 1. The van der Waals surface area contributed by atoms with Crippen LogP contribution in [0.3, 0.4) is 0 Å². The summed E-state index contributed by atoms with van der Waals surface area (Å²) in [6, 6.07) is -0.943. The Hall–Kier alpha value is -1.39. The smallest absolute Gasteiger partial charge is 0.326 e. The number of carbonyl (C=O) groups excluding carboxylic acids is 2. The van der Waals surface area contributed by atoms with Crippen LogP contribution in [-0.2, 0) is 14.4 Å². The summed E-state index contributed by atoms with van der Waals surface area (Å²) in [5.74, 6) is -1.79. The van der Waals surface area contributed by atoms with Crippen LogP contribution in [0.4, 0.5) is 0 Å². The molecular weight excluding hydrogens is 210 g/mol. The average Bonchev–Trinajstić information content (AvgIpc) is 2.60. The number of likely N-dealkylation sites (tertiary alicyclic amines) is 1. The van der Waals surface area contributed by atoms with Gasteiger partial charge in [0.2, 0.25) is 11.8 Å². The molecule has 5 nitrogen and oxygen atoms in total. The number of aliphatic carboxylic acids is 1. The maximum absolute atomic E-state index is 11.7. The Labute approximate surface area is 94.4 Å². The van der Waals surface area contributed by atoms with Crippen molar-refractivity contribution < 1.29 is 19.5 Å². The Morgan fingerprint density at radius 1 is 1.44 bits per heavy atom. The Morgan fingerprint density at radius 3 is 2.69 bits per heavy atom. The molecule has 0 bridgehead atoms. The molecule has 90 valence electrons. The monoisotopic (exact) mass is 227 g/mol. The third-order valence-electron chi connectivity index (χ3n) is 2.76. The van der Waals surface area contributed by atoms with Crippen LogP contribution in [0.1, 0.15) is 45.4 Å². The molecule has 16 heavy (non-hydrogen) atoms. The molecule has 0 saturated carbocycles. The van der Waals surface area contributed by atoms with E-state index in [4.69, 9.17) is 5.11 Å². The second-order valence-electron chi connectivity index (χ2n) is 4.01. The third-order valence-corrected chi connectivity index (χ3v) is 2.76. The summed E-state index contributed by atoms with van der Waals surface area (Å²) in [5, 5.41) is 8.88. The highest BCUT2D eigenvalue weighted by atomic mass is 16.4. The molecule has 5 heteroatoms. The van der Waals surface area contributed by atoms with Crippen molar-refractivity contribution in [2.45, 2.75) is 51.5 Å². The molecule has 1 atom stereocenters. The van der Waals surface area contributed by atoms with Gasteiger partial charge in [-0.15, -0.1) is 0 Å². The van der Waals surface area contributed by atoms with Gasteiger partial charge in [0.05, 0.1) is 0 Å². The van der Waals surface area contributed by atoms with Gasteiger partial charge in [0, 0.05) is 12.8 Å². The fourth-order valence-corrected chi connectivity index (χ4v) is 1.88. The summed E-state index contributed by atoms with van der Waals surface area (Å²) in [5.41, 5.74) is 0. The van der Waals surface area contributed by atoms with Crippen LogP contribution < -0.4 is 0 Å². The van der Waals surface area contributed by atoms with E-state index in [-0.39, 0.29) is 31.1 Å². The number of hydrogen-bond acceptors (Lipinski definition) is 3. The number of imide groups is 1. The summed E-state index contributed by atoms with van der Waals surface area (Å²) in [6.07, 6.45) is 3.30. The molecule has 0 aromatic heterocycles. The Morgan fingerprint density at radius 2 is 2.12 bits per heavy atom. The molecule has 1 aliphatic heterocycles. The predicted molar refractivity (Wildman–Crippen MR) is 56.7 cm³/mol. The summed E-state index contributed by atoms with van der Waals surface area (Å²) >= 11 is 0. The molecule has 1 saturated heterocycles. The van der Waals surface area contributed by atoms with Crippen molar-refractivity contribution in [2.24, 2.45) is 0 Å². The number of amides is 2. The van der Waals surface area contributed by atoms with Crippen LogP contribution >= 0.6 is 0 Å². The van der Waals surface area contributed by atoms with Gasteiger partial charge in [0.25, 0.3) is 0 Å². The van der Waals surface area contributed by atoms with Crippen molar-refractivity contribution in [2.75, 3.05) is 0 Å². The molecule has 0 unspecified atom stereocenters. The summed E-state index contributed by atoms with van der Waals surface area (Å²) in [6.45, 7) is 2.02. The van der Waals surface area contributed by atoms with Crippen molar-refractivity contribution in [3.05, 3.63) is 0 Å². The second-order valence-corrected chi connectivity index (χ2v) is 4.01. The molecule has 1 aliphatic rings. The zero-order chi connectivity index (χ0) is 12.1. The molecule has 0 aromatic carbocycles. The second kappa shape index (κ2) is 5.63. The first-order valence-electron chi connectivity index (χ1n) is 5.65. The van der Waals surface area contributed by atoms with E-state index in [0.29, 0.717) is 6.42 Å². The number of carboxylic acid groups (broad SMARTS) is 1. The van der Waals surface area contributed by atoms with E-state index < -0.39 is 12.0 Å².